The fourth-order valence-corrected chi connectivity index (χ4v) is 3.78. The Hall–Kier alpha value is -2.64. The van der Waals surface area contributed by atoms with Gasteiger partial charge in [0.2, 0.25) is 0 Å². The first-order chi connectivity index (χ1) is 13.1. The van der Waals surface area contributed by atoms with Crippen molar-refractivity contribution >= 4 is 11.9 Å². The number of fused-ring (bicyclic) bond motifs is 4. The highest BCUT2D eigenvalue weighted by Gasteiger charge is 2.46. The predicted molar refractivity (Wildman–Crippen MR) is 99.6 cm³/mol. The summed E-state index contributed by atoms with van der Waals surface area (Å²) in [4.78, 5) is 24.6. The van der Waals surface area contributed by atoms with E-state index in [1.54, 1.807) is 13.8 Å². The van der Waals surface area contributed by atoms with Gasteiger partial charge in [0.1, 0.15) is 29.3 Å². The number of methoxy groups -OCH3 is 1. The van der Waals surface area contributed by atoms with Crippen LogP contribution in [0.3, 0.4) is 0 Å². The summed E-state index contributed by atoms with van der Waals surface area (Å²) in [5.74, 6) is -1.84. The first-order valence-corrected chi connectivity index (χ1v) is 8.96. The van der Waals surface area contributed by atoms with E-state index in [-0.39, 0.29) is 17.6 Å². The molecule has 0 spiro atoms. The summed E-state index contributed by atoms with van der Waals surface area (Å²) in [6.07, 6.45) is -1.91. The summed E-state index contributed by atoms with van der Waals surface area (Å²) in [6.45, 7) is 11.3. The molecule has 2 N–H and O–H groups in total. The number of hydrogen-bond donors (Lipinski definition) is 2. The van der Waals surface area contributed by atoms with E-state index in [9.17, 15) is 19.8 Å². The lowest BCUT2D eigenvalue weighted by Gasteiger charge is -2.23. The molecule has 4 bridgehead atoms. The molecule has 3 heterocycles. The number of aliphatic hydroxyl groups is 2. The Kier molecular flexibility index (Phi) is 5.32. The van der Waals surface area contributed by atoms with Gasteiger partial charge in [-0.2, -0.15) is 0 Å². The minimum Gasteiger partial charge on any atom is -0.465 e. The van der Waals surface area contributed by atoms with Crippen LogP contribution in [0.1, 0.15) is 41.6 Å². The molecule has 1 aromatic heterocycles. The second-order valence-corrected chi connectivity index (χ2v) is 7.39. The van der Waals surface area contributed by atoms with Crippen molar-refractivity contribution in [1.29, 1.82) is 0 Å². The number of carbonyl (C=O) groups excluding carboxylic acids is 2. The maximum atomic E-state index is 12.3. The van der Waals surface area contributed by atoms with Crippen LogP contribution in [0.2, 0.25) is 0 Å². The smallest absolute Gasteiger partial charge is 0.341 e. The van der Waals surface area contributed by atoms with Crippen molar-refractivity contribution < 1.29 is 33.7 Å². The molecule has 0 radical (unpaired) electrons. The molecule has 7 nitrogen and oxygen atoms in total. The second kappa shape index (κ2) is 7.41. The molecule has 7 heteroatoms. The summed E-state index contributed by atoms with van der Waals surface area (Å²) in [5, 5.41) is 21.4. The number of ether oxygens (including phenoxy) is 2. The Morgan fingerprint density at radius 2 is 1.93 bits per heavy atom. The monoisotopic (exact) mass is 388 g/mol. The molecule has 28 heavy (non-hydrogen) atoms. The van der Waals surface area contributed by atoms with Crippen LogP contribution in [0.25, 0.3) is 0 Å². The number of hydrogen-bond acceptors (Lipinski definition) is 7. The van der Waals surface area contributed by atoms with E-state index in [0.29, 0.717) is 22.7 Å². The van der Waals surface area contributed by atoms with Crippen molar-refractivity contribution in [2.45, 2.75) is 44.5 Å². The molecule has 2 aliphatic rings. The molecule has 0 amide bonds. The zero-order valence-corrected chi connectivity index (χ0v) is 16.1. The highest BCUT2D eigenvalue weighted by atomic mass is 16.6. The fraction of sp³-hybridized carbons (Fsp3) is 0.429. The fourth-order valence-electron chi connectivity index (χ4n) is 3.78. The number of esters is 2. The molecule has 1 aromatic rings. The first-order valence-electron chi connectivity index (χ1n) is 8.96. The van der Waals surface area contributed by atoms with Gasteiger partial charge in [0.25, 0.3) is 0 Å². The van der Waals surface area contributed by atoms with Crippen molar-refractivity contribution in [1.82, 2.24) is 0 Å². The Morgan fingerprint density at radius 1 is 1.25 bits per heavy atom. The summed E-state index contributed by atoms with van der Waals surface area (Å²) >= 11 is 0. The Balaban J connectivity index is 2.24. The third kappa shape index (κ3) is 3.31. The van der Waals surface area contributed by atoms with E-state index < -0.39 is 42.1 Å². The van der Waals surface area contributed by atoms with E-state index in [4.69, 9.17) is 13.9 Å². The molecular formula is C21H24O7. The SMILES string of the molecule is C=C(C)C1Cc2oc(cc2C(=O)OC)C(C(=C)C)C2OC(=O)C(=CC1O)C2O. The normalized spacial score (nSPS) is 29.4. The van der Waals surface area contributed by atoms with E-state index >= 15 is 0 Å². The minimum absolute atomic E-state index is 0.00413. The van der Waals surface area contributed by atoms with E-state index in [1.165, 1.54) is 19.3 Å². The maximum Gasteiger partial charge on any atom is 0.341 e. The lowest BCUT2D eigenvalue weighted by atomic mass is 9.85. The molecule has 1 saturated heterocycles. The van der Waals surface area contributed by atoms with Gasteiger partial charge in [0, 0.05) is 12.3 Å². The van der Waals surface area contributed by atoms with Crippen LogP contribution in [0.15, 0.2) is 46.4 Å². The number of furan rings is 1. The van der Waals surface area contributed by atoms with Crippen molar-refractivity contribution in [2.24, 2.45) is 5.92 Å². The maximum absolute atomic E-state index is 12.3. The van der Waals surface area contributed by atoms with Gasteiger partial charge in [-0.3, -0.25) is 0 Å². The van der Waals surface area contributed by atoms with Crippen LogP contribution in [-0.2, 0) is 20.7 Å². The van der Waals surface area contributed by atoms with Gasteiger partial charge in [-0.15, -0.1) is 0 Å². The number of carbonyl (C=O) groups is 2. The zero-order valence-electron chi connectivity index (χ0n) is 16.1. The molecule has 0 aliphatic carbocycles. The van der Waals surface area contributed by atoms with Gasteiger partial charge in [0.05, 0.1) is 24.7 Å². The molecule has 5 atom stereocenters. The Morgan fingerprint density at radius 3 is 2.50 bits per heavy atom. The quantitative estimate of drug-likeness (QED) is 0.603. The largest absolute Gasteiger partial charge is 0.465 e. The highest BCUT2D eigenvalue weighted by Crippen LogP contribution is 2.40. The van der Waals surface area contributed by atoms with E-state index in [0.717, 1.165) is 0 Å². The molecule has 5 unspecified atom stereocenters. The van der Waals surface area contributed by atoms with Gasteiger partial charge in [-0.05, 0) is 26.0 Å². The lowest BCUT2D eigenvalue weighted by molar-refractivity contribution is -0.140. The summed E-state index contributed by atoms with van der Waals surface area (Å²) in [6, 6.07) is 1.52. The van der Waals surface area contributed by atoms with Crippen molar-refractivity contribution in [2.75, 3.05) is 7.11 Å². The highest BCUT2D eigenvalue weighted by molar-refractivity contribution is 5.93. The predicted octanol–water partition coefficient (Wildman–Crippen LogP) is 2.05. The van der Waals surface area contributed by atoms with Gasteiger partial charge < -0.3 is 24.1 Å². The second-order valence-electron chi connectivity index (χ2n) is 7.39. The third-order valence-corrected chi connectivity index (χ3v) is 5.31. The van der Waals surface area contributed by atoms with Gasteiger partial charge in [-0.25, -0.2) is 9.59 Å². The van der Waals surface area contributed by atoms with Gasteiger partial charge in [-0.1, -0.05) is 24.3 Å². The molecule has 2 aliphatic heterocycles. The van der Waals surface area contributed by atoms with E-state index in [2.05, 4.69) is 13.2 Å². The molecule has 0 saturated carbocycles. The summed E-state index contributed by atoms with van der Waals surface area (Å²) in [7, 11) is 1.26. The van der Waals surface area contributed by atoms with Crippen molar-refractivity contribution in [3.63, 3.8) is 0 Å². The lowest BCUT2D eigenvalue weighted by Crippen LogP contribution is -2.30. The van der Waals surface area contributed by atoms with Crippen molar-refractivity contribution in [3.05, 3.63) is 59.1 Å². The average molecular weight is 388 g/mol. The van der Waals surface area contributed by atoms with Crippen molar-refractivity contribution in [3.8, 4) is 0 Å². The van der Waals surface area contributed by atoms with E-state index in [1.807, 2.05) is 0 Å². The van der Waals surface area contributed by atoms with Gasteiger partial charge >= 0.3 is 11.9 Å². The standard InChI is InChI=1S/C21H24O7/c1-9(2)11-7-15-12(20(24)26-5)8-16(27-15)17(10(3)4)19-18(23)13(6-14(11)22)21(25)28-19/h6,8,11,14,17-19,22-23H,1,3,7H2,2,4-5H3. The molecule has 150 valence electrons. The molecule has 1 fully saturated rings. The van der Waals surface area contributed by atoms with Crippen LogP contribution in [0, 0.1) is 5.92 Å². The first kappa shape index (κ1) is 20.1. The summed E-state index contributed by atoms with van der Waals surface area (Å²) < 4.78 is 16.2. The third-order valence-electron chi connectivity index (χ3n) is 5.31. The number of aliphatic hydroxyl groups excluding tert-OH is 2. The van der Waals surface area contributed by atoms with Crippen LogP contribution in [-0.4, -0.2) is 47.6 Å². The van der Waals surface area contributed by atoms with Gasteiger partial charge in [0.15, 0.2) is 0 Å². The number of rotatable bonds is 3. The molecule has 0 aromatic carbocycles. The van der Waals surface area contributed by atoms with Crippen LogP contribution in [0.5, 0.6) is 0 Å². The summed E-state index contributed by atoms with van der Waals surface area (Å²) in [5.41, 5.74) is 1.43. The minimum atomic E-state index is -1.28. The van der Waals surface area contributed by atoms with Crippen LogP contribution in [0.4, 0.5) is 0 Å². The Bertz CT molecular complexity index is 875. The molecular weight excluding hydrogens is 364 g/mol. The Labute approximate surface area is 162 Å². The zero-order chi connectivity index (χ0) is 20.7. The topological polar surface area (TPSA) is 106 Å². The van der Waals surface area contributed by atoms with Crippen LogP contribution < -0.4 is 0 Å². The van der Waals surface area contributed by atoms with Crippen LogP contribution >= 0.6 is 0 Å². The average Bonchev–Trinajstić information content (AvgIpc) is 3.14. The molecule has 3 rings (SSSR count).